The molecule has 2 aromatic carbocycles. The SMILES string of the molecule is Cc1cccc(C)c1-c1ccccc1B(O)O. The van der Waals surface area contributed by atoms with Crippen molar-refractivity contribution in [1.82, 2.24) is 0 Å². The highest BCUT2D eigenvalue weighted by Gasteiger charge is 2.18. The van der Waals surface area contributed by atoms with Gasteiger partial charge in [0.05, 0.1) is 0 Å². The van der Waals surface area contributed by atoms with Crippen LogP contribution in [0.25, 0.3) is 11.1 Å². The highest BCUT2D eigenvalue weighted by molar-refractivity contribution is 6.60. The van der Waals surface area contributed by atoms with E-state index < -0.39 is 7.12 Å². The third-order valence-electron chi connectivity index (χ3n) is 2.99. The number of aryl methyl sites for hydroxylation is 2. The van der Waals surface area contributed by atoms with E-state index in [2.05, 4.69) is 0 Å². The second-order valence-electron chi connectivity index (χ2n) is 4.23. The molecule has 0 aromatic heterocycles. The predicted octanol–water partition coefficient (Wildman–Crippen LogP) is 1.65. The zero-order valence-electron chi connectivity index (χ0n) is 10.0. The van der Waals surface area contributed by atoms with Crippen molar-refractivity contribution in [2.24, 2.45) is 0 Å². The van der Waals surface area contributed by atoms with Crippen LogP contribution >= 0.6 is 0 Å². The highest BCUT2D eigenvalue weighted by atomic mass is 16.4. The quantitative estimate of drug-likeness (QED) is 0.764. The lowest BCUT2D eigenvalue weighted by molar-refractivity contribution is 0.426. The van der Waals surface area contributed by atoms with E-state index in [-0.39, 0.29) is 0 Å². The molecule has 0 spiro atoms. The predicted molar refractivity (Wildman–Crippen MR) is 71.2 cm³/mol. The van der Waals surface area contributed by atoms with E-state index >= 15 is 0 Å². The number of hydrogen-bond donors (Lipinski definition) is 2. The molecule has 0 radical (unpaired) electrons. The van der Waals surface area contributed by atoms with Gasteiger partial charge in [-0.05, 0) is 41.6 Å². The lowest BCUT2D eigenvalue weighted by Crippen LogP contribution is -2.31. The van der Waals surface area contributed by atoms with Gasteiger partial charge in [0.1, 0.15) is 0 Å². The van der Waals surface area contributed by atoms with E-state index in [9.17, 15) is 10.0 Å². The van der Waals surface area contributed by atoms with Gasteiger partial charge in [-0.25, -0.2) is 0 Å². The minimum absolute atomic E-state index is 0.546. The van der Waals surface area contributed by atoms with E-state index in [1.807, 2.05) is 50.2 Å². The van der Waals surface area contributed by atoms with Crippen LogP contribution in [0.2, 0.25) is 0 Å². The molecule has 0 saturated carbocycles. The van der Waals surface area contributed by atoms with Gasteiger partial charge >= 0.3 is 7.12 Å². The summed E-state index contributed by atoms with van der Waals surface area (Å²) >= 11 is 0. The Hall–Kier alpha value is -1.58. The lowest BCUT2D eigenvalue weighted by atomic mass is 9.74. The van der Waals surface area contributed by atoms with Gasteiger partial charge in [0, 0.05) is 0 Å². The van der Waals surface area contributed by atoms with Gasteiger partial charge in [-0.3, -0.25) is 0 Å². The minimum Gasteiger partial charge on any atom is -0.423 e. The Morgan fingerprint density at radius 3 is 2.00 bits per heavy atom. The Labute approximate surface area is 102 Å². The zero-order valence-corrected chi connectivity index (χ0v) is 10.0. The van der Waals surface area contributed by atoms with Crippen molar-refractivity contribution < 1.29 is 10.0 Å². The summed E-state index contributed by atoms with van der Waals surface area (Å²) in [5.41, 5.74) is 4.79. The summed E-state index contributed by atoms with van der Waals surface area (Å²) in [5.74, 6) is 0. The zero-order chi connectivity index (χ0) is 12.4. The van der Waals surface area contributed by atoms with Crippen molar-refractivity contribution in [3.8, 4) is 11.1 Å². The largest absolute Gasteiger partial charge is 0.489 e. The van der Waals surface area contributed by atoms with Gasteiger partial charge < -0.3 is 10.0 Å². The molecule has 0 unspecified atom stereocenters. The van der Waals surface area contributed by atoms with Crippen molar-refractivity contribution in [2.45, 2.75) is 13.8 Å². The molecule has 0 aliphatic heterocycles. The van der Waals surface area contributed by atoms with E-state index in [4.69, 9.17) is 0 Å². The van der Waals surface area contributed by atoms with Crippen LogP contribution in [-0.4, -0.2) is 17.2 Å². The van der Waals surface area contributed by atoms with E-state index in [1.165, 1.54) is 0 Å². The maximum atomic E-state index is 9.40. The van der Waals surface area contributed by atoms with Gasteiger partial charge in [-0.2, -0.15) is 0 Å². The first-order valence-electron chi connectivity index (χ1n) is 5.63. The molecule has 2 aromatic rings. The normalized spacial score (nSPS) is 10.4. The van der Waals surface area contributed by atoms with Crippen LogP contribution in [0.15, 0.2) is 42.5 Å². The van der Waals surface area contributed by atoms with Crippen molar-refractivity contribution in [1.29, 1.82) is 0 Å². The molecule has 0 aliphatic rings. The summed E-state index contributed by atoms with van der Waals surface area (Å²) in [7, 11) is -1.44. The van der Waals surface area contributed by atoms with Crippen LogP contribution in [0.4, 0.5) is 0 Å². The maximum Gasteiger partial charge on any atom is 0.489 e. The molecule has 2 N–H and O–H groups in total. The third-order valence-corrected chi connectivity index (χ3v) is 2.99. The summed E-state index contributed by atoms with van der Waals surface area (Å²) in [6.07, 6.45) is 0. The Balaban J connectivity index is 2.69. The van der Waals surface area contributed by atoms with Gasteiger partial charge in [0.15, 0.2) is 0 Å². The molecule has 3 heteroatoms. The number of rotatable bonds is 2. The topological polar surface area (TPSA) is 40.5 Å². The van der Waals surface area contributed by atoms with Gasteiger partial charge in [-0.1, -0.05) is 42.5 Å². The molecule has 0 fully saturated rings. The van der Waals surface area contributed by atoms with Crippen LogP contribution < -0.4 is 5.46 Å². The molecule has 0 heterocycles. The monoisotopic (exact) mass is 226 g/mol. The molecule has 17 heavy (non-hydrogen) atoms. The molecule has 2 rings (SSSR count). The Bertz CT molecular complexity index is 515. The Kier molecular flexibility index (Phi) is 3.32. The molecule has 0 amide bonds. The molecule has 0 bridgehead atoms. The molecule has 86 valence electrons. The number of benzene rings is 2. The number of hydrogen-bond acceptors (Lipinski definition) is 2. The first-order chi connectivity index (χ1) is 8.11. The van der Waals surface area contributed by atoms with Crippen molar-refractivity contribution >= 4 is 12.6 Å². The average molecular weight is 226 g/mol. The first kappa shape index (κ1) is 11.9. The van der Waals surface area contributed by atoms with Gasteiger partial charge in [0.25, 0.3) is 0 Å². The average Bonchev–Trinajstić information content (AvgIpc) is 2.29. The van der Waals surface area contributed by atoms with Crippen LogP contribution in [0.3, 0.4) is 0 Å². The van der Waals surface area contributed by atoms with E-state index in [0.29, 0.717) is 5.46 Å². The molecule has 0 aliphatic carbocycles. The molecule has 2 nitrogen and oxygen atoms in total. The second kappa shape index (κ2) is 4.74. The highest BCUT2D eigenvalue weighted by Crippen LogP contribution is 2.25. The van der Waals surface area contributed by atoms with E-state index in [1.54, 1.807) is 6.07 Å². The smallest absolute Gasteiger partial charge is 0.423 e. The van der Waals surface area contributed by atoms with Crippen LogP contribution in [0.5, 0.6) is 0 Å². The third kappa shape index (κ3) is 2.26. The summed E-state index contributed by atoms with van der Waals surface area (Å²) in [6, 6.07) is 13.5. The fourth-order valence-electron chi connectivity index (χ4n) is 2.19. The molecular formula is C14H15BO2. The summed E-state index contributed by atoms with van der Waals surface area (Å²) in [6.45, 7) is 4.06. The van der Waals surface area contributed by atoms with Crippen LogP contribution in [0.1, 0.15) is 11.1 Å². The van der Waals surface area contributed by atoms with Crippen LogP contribution in [-0.2, 0) is 0 Å². The summed E-state index contributed by atoms with van der Waals surface area (Å²) in [5, 5.41) is 18.8. The lowest BCUT2D eigenvalue weighted by Gasteiger charge is -2.14. The van der Waals surface area contributed by atoms with Crippen molar-refractivity contribution in [2.75, 3.05) is 0 Å². The fraction of sp³-hybridized carbons (Fsp3) is 0.143. The summed E-state index contributed by atoms with van der Waals surface area (Å²) in [4.78, 5) is 0. The molecule has 0 atom stereocenters. The second-order valence-corrected chi connectivity index (χ2v) is 4.23. The van der Waals surface area contributed by atoms with Gasteiger partial charge in [-0.15, -0.1) is 0 Å². The fourth-order valence-corrected chi connectivity index (χ4v) is 2.19. The summed E-state index contributed by atoms with van der Waals surface area (Å²) < 4.78 is 0. The Morgan fingerprint density at radius 1 is 0.824 bits per heavy atom. The molecular weight excluding hydrogens is 211 g/mol. The molecule has 0 saturated heterocycles. The van der Waals surface area contributed by atoms with E-state index in [0.717, 1.165) is 22.3 Å². The Morgan fingerprint density at radius 2 is 1.41 bits per heavy atom. The maximum absolute atomic E-state index is 9.40. The van der Waals surface area contributed by atoms with Crippen molar-refractivity contribution in [3.63, 3.8) is 0 Å². The van der Waals surface area contributed by atoms with Crippen LogP contribution in [0, 0.1) is 13.8 Å². The van der Waals surface area contributed by atoms with Crippen molar-refractivity contribution in [3.05, 3.63) is 53.6 Å². The first-order valence-corrected chi connectivity index (χ1v) is 5.63. The minimum atomic E-state index is -1.44. The standard InChI is InChI=1S/C14H15BO2/c1-10-6-5-7-11(2)14(10)12-8-3-4-9-13(12)15(16)17/h3-9,16-17H,1-2H3. The van der Waals surface area contributed by atoms with Gasteiger partial charge in [0.2, 0.25) is 0 Å².